The maximum absolute atomic E-state index is 14.9. The molecule has 36 heavy (non-hydrogen) atoms. The number of aromatic nitrogens is 2. The van der Waals surface area contributed by atoms with Crippen molar-refractivity contribution in [2.75, 3.05) is 10.2 Å². The molecule has 1 aliphatic heterocycles. The van der Waals surface area contributed by atoms with Crippen LogP contribution in [-0.2, 0) is 16.8 Å². The van der Waals surface area contributed by atoms with Gasteiger partial charge in [-0.15, -0.1) is 0 Å². The fraction of sp³-hybridized carbons (Fsp3) is 0.357. The third-order valence-electron chi connectivity index (χ3n) is 7.41. The summed E-state index contributed by atoms with van der Waals surface area (Å²) >= 11 is 0. The molecule has 2 aromatic carbocycles. The van der Waals surface area contributed by atoms with Crippen molar-refractivity contribution in [3.8, 4) is 6.07 Å². The fourth-order valence-electron chi connectivity index (χ4n) is 5.63. The van der Waals surface area contributed by atoms with Gasteiger partial charge in [-0.3, -0.25) is 4.79 Å². The Bertz CT molecular complexity index is 1380. The van der Waals surface area contributed by atoms with Crippen molar-refractivity contribution >= 4 is 17.4 Å². The number of hydrogen-bond donors (Lipinski definition) is 1. The topological polar surface area (TPSA) is 81.9 Å². The maximum atomic E-state index is 14.9. The molecule has 1 aromatic heterocycles. The minimum absolute atomic E-state index is 0.0194. The Morgan fingerprint density at radius 1 is 1.19 bits per heavy atom. The highest BCUT2D eigenvalue weighted by atomic mass is 19.1. The number of hydrogen-bond acceptors (Lipinski definition) is 5. The number of nitriles is 1. The van der Waals surface area contributed by atoms with E-state index in [0.29, 0.717) is 41.7 Å². The number of benzene rings is 2. The molecule has 3 aromatic rings. The van der Waals surface area contributed by atoms with Crippen LogP contribution in [0.15, 0.2) is 42.5 Å². The van der Waals surface area contributed by atoms with E-state index in [2.05, 4.69) is 17.2 Å². The second kappa shape index (κ2) is 8.98. The molecule has 6 nitrogen and oxygen atoms in total. The summed E-state index contributed by atoms with van der Waals surface area (Å²) < 4.78 is 28.6. The summed E-state index contributed by atoms with van der Waals surface area (Å²) in [5.41, 5.74) is 1.66. The third-order valence-corrected chi connectivity index (χ3v) is 7.41. The van der Waals surface area contributed by atoms with E-state index in [1.807, 2.05) is 13.0 Å². The third kappa shape index (κ3) is 3.89. The molecular formula is C28H27F2N5O. The van der Waals surface area contributed by atoms with E-state index in [-0.39, 0.29) is 23.8 Å². The van der Waals surface area contributed by atoms with E-state index in [4.69, 9.17) is 4.98 Å². The molecule has 3 atom stereocenters. The van der Waals surface area contributed by atoms with Crippen LogP contribution < -0.4 is 10.2 Å². The van der Waals surface area contributed by atoms with Gasteiger partial charge in [-0.25, -0.2) is 18.7 Å². The molecule has 1 saturated carbocycles. The van der Waals surface area contributed by atoms with Crippen LogP contribution in [0.1, 0.15) is 67.4 Å². The number of aryl methyl sites for hydroxylation is 1. The van der Waals surface area contributed by atoms with E-state index in [1.54, 1.807) is 36.1 Å². The Balaban J connectivity index is 1.62. The Labute approximate surface area is 209 Å². The first-order valence-electron chi connectivity index (χ1n) is 12.1. The zero-order chi connectivity index (χ0) is 25.6. The molecule has 2 heterocycles. The van der Waals surface area contributed by atoms with Crippen LogP contribution in [0.3, 0.4) is 0 Å². The van der Waals surface area contributed by atoms with Crippen molar-refractivity contribution in [3.63, 3.8) is 0 Å². The van der Waals surface area contributed by atoms with Crippen LogP contribution in [0.25, 0.3) is 0 Å². The molecule has 184 valence electrons. The van der Waals surface area contributed by atoms with Crippen LogP contribution in [0.2, 0.25) is 0 Å². The molecule has 2 aliphatic rings. The number of carbonyl (C=O) groups is 1. The average Bonchev–Trinajstić information content (AvgIpc) is 3.25. The van der Waals surface area contributed by atoms with Crippen molar-refractivity contribution in [2.45, 2.75) is 58.0 Å². The zero-order valence-electron chi connectivity index (χ0n) is 20.5. The standard InChI is InChI=1S/C28H27F2N5O/c1-16-11-12-28(13-16)25-23(15-35(27(28)36)21-9-7-20(29)8-10-21)26(34-18(3)33-25)32-17(2)22-6-4-5-19(14-31)24(22)30/h4-10,16-17H,11-13,15H2,1-3H3,(H,32,33,34)/t16?,17-,28?/m1/s1. The SMILES string of the molecule is Cc1nc(N[C@H](C)c2cccc(C#N)c2F)c2c(n1)C1(CCC(C)C1)C(=O)N(c1ccc(F)cc1)C2. The lowest BCUT2D eigenvalue weighted by Crippen LogP contribution is -2.51. The number of amides is 1. The van der Waals surface area contributed by atoms with Gasteiger partial charge in [-0.2, -0.15) is 5.26 Å². The zero-order valence-corrected chi connectivity index (χ0v) is 20.5. The van der Waals surface area contributed by atoms with E-state index in [9.17, 15) is 18.8 Å². The van der Waals surface area contributed by atoms with Gasteiger partial charge in [0.25, 0.3) is 0 Å². The summed E-state index contributed by atoms with van der Waals surface area (Å²) in [7, 11) is 0. The summed E-state index contributed by atoms with van der Waals surface area (Å²) in [6.45, 7) is 5.95. The number of nitrogens with one attached hydrogen (secondary N) is 1. The summed E-state index contributed by atoms with van der Waals surface area (Å²) in [5, 5.41) is 12.6. The van der Waals surface area contributed by atoms with Crippen LogP contribution in [0, 0.1) is 35.8 Å². The van der Waals surface area contributed by atoms with Gasteiger partial charge in [0.2, 0.25) is 5.91 Å². The number of fused-ring (bicyclic) bond motifs is 2. The summed E-state index contributed by atoms with van der Waals surface area (Å²) in [5.74, 6) is 0.439. The Morgan fingerprint density at radius 3 is 2.61 bits per heavy atom. The second-order valence-electron chi connectivity index (χ2n) is 9.93. The van der Waals surface area contributed by atoms with Crippen LogP contribution in [-0.4, -0.2) is 15.9 Å². The lowest BCUT2D eigenvalue weighted by Gasteiger charge is -2.41. The fourth-order valence-corrected chi connectivity index (χ4v) is 5.63. The number of nitrogens with zero attached hydrogens (tertiary/aromatic N) is 4. The molecule has 8 heteroatoms. The minimum atomic E-state index is -0.791. The van der Waals surface area contributed by atoms with Crippen LogP contribution in [0.5, 0.6) is 0 Å². The Hall–Kier alpha value is -3.86. The Kier molecular flexibility index (Phi) is 5.95. The largest absolute Gasteiger partial charge is 0.363 e. The molecule has 1 fully saturated rings. The molecular weight excluding hydrogens is 460 g/mol. The average molecular weight is 488 g/mol. The summed E-state index contributed by atoms with van der Waals surface area (Å²) in [4.78, 5) is 25.1. The number of rotatable bonds is 4. The van der Waals surface area contributed by atoms with Gasteiger partial charge in [0.1, 0.15) is 29.3 Å². The van der Waals surface area contributed by atoms with Crippen LogP contribution in [0.4, 0.5) is 20.3 Å². The van der Waals surface area contributed by atoms with E-state index >= 15 is 0 Å². The molecule has 5 rings (SSSR count). The smallest absolute Gasteiger partial charge is 0.239 e. The molecule has 2 unspecified atom stereocenters. The lowest BCUT2D eigenvalue weighted by atomic mass is 9.75. The molecule has 1 spiro atoms. The van der Waals surface area contributed by atoms with Gasteiger partial charge >= 0.3 is 0 Å². The first-order valence-corrected chi connectivity index (χ1v) is 12.1. The van der Waals surface area contributed by atoms with Crippen molar-refractivity contribution in [3.05, 3.63) is 82.3 Å². The number of halogens is 2. The van der Waals surface area contributed by atoms with Crippen molar-refractivity contribution in [1.29, 1.82) is 5.26 Å². The van der Waals surface area contributed by atoms with Crippen molar-refractivity contribution in [2.24, 2.45) is 5.92 Å². The normalized spacial score (nSPS) is 21.8. The quantitative estimate of drug-likeness (QED) is 0.510. The summed E-state index contributed by atoms with van der Waals surface area (Å²) in [6.07, 6.45) is 2.24. The van der Waals surface area contributed by atoms with E-state index in [1.165, 1.54) is 18.2 Å². The monoisotopic (exact) mass is 487 g/mol. The van der Waals surface area contributed by atoms with Gasteiger partial charge in [0.15, 0.2) is 0 Å². The Morgan fingerprint density at radius 2 is 1.94 bits per heavy atom. The first-order chi connectivity index (χ1) is 17.2. The highest BCUT2D eigenvalue weighted by molar-refractivity contribution is 6.03. The molecule has 0 radical (unpaired) electrons. The molecule has 0 saturated heterocycles. The lowest BCUT2D eigenvalue weighted by molar-refractivity contribution is -0.125. The second-order valence-corrected chi connectivity index (χ2v) is 9.93. The van der Waals surface area contributed by atoms with Crippen LogP contribution >= 0.6 is 0 Å². The number of carbonyl (C=O) groups excluding carboxylic acids is 1. The predicted molar refractivity (Wildman–Crippen MR) is 132 cm³/mol. The maximum Gasteiger partial charge on any atom is 0.239 e. The molecule has 1 aliphatic carbocycles. The molecule has 1 amide bonds. The molecule has 0 bridgehead atoms. The van der Waals surface area contributed by atoms with Gasteiger partial charge in [-0.1, -0.05) is 19.1 Å². The van der Waals surface area contributed by atoms with Gasteiger partial charge in [-0.05, 0) is 69.4 Å². The minimum Gasteiger partial charge on any atom is -0.363 e. The highest BCUT2D eigenvalue weighted by Gasteiger charge is 2.53. The predicted octanol–water partition coefficient (Wildman–Crippen LogP) is 5.71. The van der Waals surface area contributed by atoms with Gasteiger partial charge in [0, 0.05) is 16.8 Å². The summed E-state index contributed by atoms with van der Waals surface area (Å²) in [6, 6.07) is 12.0. The van der Waals surface area contributed by atoms with Crippen molar-refractivity contribution < 1.29 is 13.6 Å². The van der Waals surface area contributed by atoms with E-state index in [0.717, 1.165) is 17.7 Å². The highest BCUT2D eigenvalue weighted by Crippen LogP contribution is 2.50. The number of anilines is 2. The van der Waals surface area contributed by atoms with Gasteiger partial charge < -0.3 is 10.2 Å². The van der Waals surface area contributed by atoms with Gasteiger partial charge in [0.05, 0.1) is 29.3 Å². The molecule has 1 N–H and O–H groups in total. The first kappa shape index (κ1) is 23.9. The van der Waals surface area contributed by atoms with E-state index < -0.39 is 17.3 Å². The van der Waals surface area contributed by atoms with Crippen molar-refractivity contribution in [1.82, 2.24) is 9.97 Å².